The maximum absolute atomic E-state index is 11.6. The van der Waals surface area contributed by atoms with E-state index in [4.69, 9.17) is 0 Å². The third-order valence-electron chi connectivity index (χ3n) is 1.96. The van der Waals surface area contributed by atoms with Crippen molar-refractivity contribution in [2.24, 2.45) is 16.3 Å². The molecule has 0 aliphatic rings. The third kappa shape index (κ3) is 6.20. The highest BCUT2D eigenvalue weighted by molar-refractivity contribution is 5.82. The Hall–Kier alpha value is -0.930. The summed E-state index contributed by atoms with van der Waals surface area (Å²) in [5.74, 6) is 0.256. The molecule has 0 saturated heterocycles. The van der Waals surface area contributed by atoms with E-state index < -0.39 is 0 Å². The second-order valence-corrected chi connectivity index (χ2v) is 4.61. The summed E-state index contributed by atoms with van der Waals surface area (Å²) >= 11 is 0. The Kier molecular flexibility index (Phi) is 6.13. The lowest BCUT2D eigenvalue weighted by Gasteiger charge is -2.22. The maximum Gasteiger partial charge on any atom is 0.156 e. The first kappa shape index (κ1) is 14.1. The van der Waals surface area contributed by atoms with Crippen LogP contribution in [0.4, 0.5) is 0 Å². The number of carbonyl (C=O) groups is 1. The molecule has 0 aliphatic heterocycles. The Labute approximate surface area is 92.7 Å². The zero-order chi connectivity index (χ0) is 12.0. The molecule has 15 heavy (non-hydrogen) atoms. The van der Waals surface area contributed by atoms with E-state index in [0.29, 0.717) is 6.54 Å². The molecule has 0 atom stereocenters. The molecular weight excluding hydrogens is 190 g/mol. The first-order chi connectivity index (χ1) is 6.84. The molecule has 4 heteroatoms. The minimum absolute atomic E-state index is 0.0560. The normalized spacial score (nSPS) is 12.1. The van der Waals surface area contributed by atoms with E-state index >= 15 is 0 Å². The second-order valence-electron chi connectivity index (χ2n) is 4.61. The van der Waals surface area contributed by atoms with Gasteiger partial charge in [-0.25, -0.2) is 0 Å². The monoisotopic (exact) mass is 213 g/mol. The number of hydrogen-bond donors (Lipinski definition) is 0. The summed E-state index contributed by atoms with van der Waals surface area (Å²) < 4.78 is 0. The van der Waals surface area contributed by atoms with Gasteiger partial charge in [-0.3, -0.25) is 9.80 Å². The van der Waals surface area contributed by atoms with Gasteiger partial charge in [-0.15, -0.1) is 0 Å². The molecule has 88 valence electrons. The average Bonchev–Trinajstić information content (AvgIpc) is 2.10. The topological polar surface area (TPSA) is 45.0 Å². The first-order valence-electron chi connectivity index (χ1n) is 5.54. The summed E-state index contributed by atoms with van der Waals surface area (Å²) in [4.78, 5) is 11.6. The van der Waals surface area contributed by atoms with E-state index in [1.165, 1.54) is 0 Å². The van der Waals surface area contributed by atoms with Crippen molar-refractivity contribution in [3.63, 3.8) is 0 Å². The molecule has 0 bridgehead atoms. The van der Waals surface area contributed by atoms with E-state index in [1.54, 1.807) is 5.01 Å². The minimum atomic E-state index is 0.0560. The quantitative estimate of drug-likeness (QED) is 0.503. The van der Waals surface area contributed by atoms with Crippen LogP contribution in [0.5, 0.6) is 0 Å². The van der Waals surface area contributed by atoms with E-state index in [1.807, 2.05) is 41.5 Å². The summed E-state index contributed by atoms with van der Waals surface area (Å²) in [6, 6.07) is 0.371. The zero-order valence-electron chi connectivity index (χ0n) is 10.7. The van der Waals surface area contributed by atoms with Gasteiger partial charge in [0.1, 0.15) is 0 Å². The number of nitrogens with zero attached hydrogens (tertiary/aromatic N) is 3. The summed E-state index contributed by atoms with van der Waals surface area (Å²) in [6.07, 6.45) is 0. The molecule has 0 heterocycles. The van der Waals surface area contributed by atoms with Crippen LogP contribution in [0.25, 0.3) is 0 Å². The Morgan fingerprint density at radius 3 is 2.00 bits per heavy atom. The standard InChI is InChI=1S/C11H23N3O/c1-8(2)11(15)7-14(10(5)6)13-12-9(3)4/h8-10H,7H2,1-6H3. The summed E-state index contributed by atoms with van der Waals surface area (Å²) in [5.41, 5.74) is 0. The highest BCUT2D eigenvalue weighted by Gasteiger charge is 2.14. The van der Waals surface area contributed by atoms with Crippen LogP contribution in [0, 0.1) is 5.92 Å². The van der Waals surface area contributed by atoms with Crippen molar-refractivity contribution in [3.05, 3.63) is 0 Å². The zero-order valence-corrected chi connectivity index (χ0v) is 10.7. The molecule has 0 unspecified atom stereocenters. The molecule has 4 nitrogen and oxygen atoms in total. The first-order valence-corrected chi connectivity index (χ1v) is 5.54. The van der Waals surface area contributed by atoms with Gasteiger partial charge in [0, 0.05) is 12.0 Å². The molecule has 0 aliphatic carbocycles. The summed E-state index contributed by atoms with van der Waals surface area (Å²) in [5, 5.41) is 9.88. The molecule has 0 radical (unpaired) electrons. The Morgan fingerprint density at radius 1 is 1.13 bits per heavy atom. The van der Waals surface area contributed by atoms with Crippen LogP contribution in [0.3, 0.4) is 0 Å². The van der Waals surface area contributed by atoms with E-state index in [9.17, 15) is 4.79 Å². The van der Waals surface area contributed by atoms with Gasteiger partial charge < -0.3 is 0 Å². The van der Waals surface area contributed by atoms with Crippen molar-refractivity contribution in [1.29, 1.82) is 0 Å². The number of Topliss-reactive ketones (excluding diaryl/α,β-unsaturated/α-hetero) is 1. The molecule has 0 aromatic heterocycles. The fourth-order valence-electron chi connectivity index (χ4n) is 0.829. The summed E-state index contributed by atoms with van der Waals surface area (Å²) in [6.45, 7) is 12.1. The predicted octanol–water partition coefficient (Wildman–Crippen LogP) is 2.70. The predicted molar refractivity (Wildman–Crippen MR) is 61.7 cm³/mol. The van der Waals surface area contributed by atoms with Gasteiger partial charge in [0.05, 0.1) is 12.6 Å². The van der Waals surface area contributed by atoms with Crippen LogP contribution >= 0.6 is 0 Å². The van der Waals surface area contributed by atoms with Gasteiger partial charge in [-0.1, -0.05) is 19.1 Å². The fraction of sp³-hybridized carbons (Fsp3) is 0.909. The van der Waals surface area contributed by atoms with E-state index in [-0.39, 0.29) is 23.8 Å². The highest BCUT2D eigenvalue weighted by atomic mass is 16.1. The van der Waals surface area contributed by atoms with Crippen LogP contribution in [0.15, 0.2) is 10.3 Å². The van der Waals surface area contributed by atoms with Gasteiger partial charge in [-0.05, 0) is 27.7 Å². The van der Waals surface area contributed by atoms with E-state index in [2.05, 4.69) is 10.3 Å². The van der Waals surface area contributed by atoms with Gasteiger partial charge in [0.15, 0.2) is 5.78 Å². The third-order valence-corrected chi connectivity index (χ3v) is 1.96. The SMILES string of the molecule is CC(C)N=NN(CC(=O)C(C)C)C(C)C. The molecule has 0 spiro atoms. The van der Waals surface area contributed by atoms with Gasteiger partial charge >= 0.3 is 0 Å². The Morgan fingerprint density at radius 2 is 1.67 bits per heavy atom. The number of ketones is 1. The lowest BCUT2D eigenvalue weighted by molar-refractivity contribution is -0.123. The van der Waals surface area contributed by atoms with Crippen molar-refractivity contribution in [1.82, 2.24) is 5.01 Å². The average molecular weight is 213 g/mol. The van der Waals surface area contributed by atoms with Gasteiger partial charge in [-0.2, -0.15) is 5.11 Å². The highest BCUT2D eigenvalue weighted by Crippen LogP contribution is 2.04. The van der Waals surface area contributed by atoms with Crippen LogP contribution in [-0.2, 0) is 4.79 Å². The second kappa shape index (κ2) is 6.53. The fourth-order valence-corrected chi connectivity index (χ4v) is 0.829. The van der Waals surface area contributed by atoms with Crippen molar-refractivity contribution in [2.45, 2.75) is 53.6 Å². The summed E-state index contributed by atoms with van der Waals surface area (Å²) in [7, 11) is 0. The van der Waals surface area contributed by atoms with E-state index in [0.717, 1.165) is 0 Å². The van der Waals surface area contributed by atoms with Crippen molar-refractivity contribution < 1.29 is 4.79 Å². The van der Waals surface area contributed by atoms with Crippen LogP contribution < -0.4 is 0 Å². The molecule has 0 aromatic carbocycles. The maximum atomic E-state index is 11.6. The Balaban J connectivity index is 4.35. The van der Waals surface area contributed by atoms with Crippen molar-refractivity contribution in [2.75, 3.05) is 6.54 Å². The lowest BCUT2D eigenvalue weighted by Crippen LogP contribution is -2.32. The van der Waals surface area contributed by atoms with Gasteiger partial charge in [0.2, 0.25) is 0 Å². The largest absolute Gasteiger partial charge is 0.297 e. The molecule has 0 N–H and O–H groups in total. The number of hydrogen-bond acceptors (Lipinski definition) is 3. The van der Waals surface area contributed by atoms with Gasteiger partial charge in [0.25, 0.3) is 0 Å². The minimum Gasteiger partial charge on any atom is -0.297 e. The van der Waals surface area contributed by atoms with Crippen molar-refractivity contribution >= 4 is 5.78 Å². The van der Waals surface area contributed by atoms with Crippen molar-refractivity contribution in [3.8, 4) is 0 Å². The smallest absolute Gasteiger partial charge is 0.156 e. The molecule has 0 fully saturated rings. The molecule has 0 aromatic rings. The molecule has 0 saturated carbocycles. The molecule has 0 amide bonds. The molecular formula is C11H23N3O. The van der Waals surface area contributed by atoms with Crippen LogP contribution in [-0.4, -0.2) is 29.4 Å². The number of carbonyl (C=O) groups excluding carboxylic acids is 1. The molecule has 0 rings (SSSR count). The lowest BCUT2D eigenvalue weighted by atomic mass is 10.1. The van der Waals surface area contributed by atoms with Crippen LogP contribution in [0.2, 0.25) is 0 Å². The number of rotatable bonds is 6. The van der Waals surface area contributed by atoms with Crippen LogP contribution in [0.1, 0.15) is 41.5 Å². The Bertz CT molecular complexity index is 222.